The molecule has 0 spiro atoms. The van der Waals surface area contributed by atoms with Crippen molar-refractivity contribution in [3.8, 4) is 5.69 Å². The molecule has 1 heterocycles. The normalized spacial score (nSPS) is 26.0. The zero-order valence-corrected chi connectivity index (χ0v) is 15.7. The average molecular weight is 336 g/mol. The molecular formula is C22H28N2O. The Morgan fingerprint density at radius 1 is 1.24 bits per heavy atom. The van der Waals surface area contributed by atoms with Crippen LogP contribution >= 0.6 is 0 Å². The van der Waals surface area contributed by atoms with E-state index in [0.717, 1.165) is 31.4 Å². The van der Waals surface area contributed by atoms with Crippen LogP contribution in [0.4, 0.5) is 0 Å². The molecule has 2 aliphatic carbocycles. The van der Waals surface area contributed by atoms with E-state index < -0.39 is 5.60 Å². The summed E-state index contributed by atoms with van der Waals surface area (Å²) in [4.78, 5) is 0. The van der Waals surface area contributed by atoms with E-state index in [2.05, 4.69) is 54.0 Å². The molecule has 2 aromatic rings. The van der Waals surface area contributed by atoms with Crippen molar-refractivity contribution < 1.29 is 5.11 Å². The van der Waals surface area contributed by atoms with Crippen LogP contribution in [0.3, 0.4) is 0 Å². The van der Waals surface area contributed by atoms with E-state index in [1.165, 1.54) is 22.4 Å². The maximum absolute atomic E-state index is 10.8. The standard InChI is InChI=1S/C22H28N2O/c1-15-8-10-18(11-9-15)24-19-12-17-6-5-7-20(21(2,3)25)22(17,4)13-16(19)14-23-24/h8-12,14,20,25H,5-7,13H2,1-4H3/t20-,22+/m1/s1. The predicted molar refractivity (Wildman–Crippen MR) is 102 cm³/mol. The molecule has 1 fully saturated rings. The second kappa shape index (κ2) is 5.57. The predicted octanol–water partition coefficient (Wildman–Crippen LogP) is 4.70. The summed E-state index contributed by atoms with van der Waals surface area (Å²) in [6, 6.07) is 8.54. The Bertz CT molecular complexity index is 823. The highest BCUT2D eigenvalue weighted by atomic mass is 16.3. The third-order valence-electron chi connectivity index (χ3n) is 6.33. The fraction of sp³-hybridized carbons (Fsp3) is 0.500. The van der Waals surface area contributed by atoms with Crippen molar-refractivity contribution >= 4 is 6.08 Å². The van der Waals surface area contributed by atoms with Gasteiger partial charge in [0.15, 0.2) is 0 Å². The van der Waals surface area contributed by atoms with Gasteiger partial charge in [-0.3, -0.25) is 0 Å². The van der Waals surface area contributed by atoms with E-state index >= 15 is 0 Å². The molecule has 1 aromatic carbocycles. The fourth-order valence-corrected chi connectivity index (χ4v) is 5.07. The minimum atomic E-state index is -0.654. The molecule has 132 valence electrons. The Balaban J connectivity index is 1.78. The molecule has 1 aromatic heterocycles. The van der Waals surface area contributed by atoms with Gasteiger partial charge in [0.1, 0.15) is 0 Å². The Labute approximate surface area is 150 Å². The molecule has 2 atom stereocenters. The SMILES string of the molecule is Cc1ccc(-n2ncc3c2C=C2CCC[C@H](C(C)(C)O)[C@@]2(C)C3)cc1. The van der Waals surface area contributed by atoms with Gasteiger partial charge in [-0.2, -0.15) is 5.10 Å². The topological polar surface area (TPSA) is 38.0 Å². The number of rotatable bonds is 2. The summed E-state index contributed by atoms with van der Waals surface area (Å²) in [6.45, 7) is 8.38. The molecule has 3 nitrogen and oxygen atoms in total. The van der Waals surface area contributed by atoms with Crippen LogP contribution in [0.2, 0.25) is 0 Å². The molecule has 0 radical (unpaired) electrons. The van der Waals surface area contributed by atoms with Crippen molar-refractivity contribution in [2.24, 2.45) is 11.3 Å². The van der Waals surface area contributed by atoms with Gasteiger partial charge in [-0.25, -0.2) is 4.68 Å². The van der Waals surface area contributed by atoms with Crippen LogP contribution in [0.5, 0.6) is 0 Å². The molecule has 4 rings (SSSR count). The number of aromatic nitrogens is 2. The first-order valence-corrected chi connectivity index (χ1v) is 9.36. The molecule has 3 heteroatoms. The molecule has 0 unspecified atom stereocenters. The minimum absolute atomic E-state index is 0.0324. The van der Waals surface area contributed by atoms with Crippen LogP contribution in [0, 0.1) is 18.3 Å². The lowest BCUT2D eigenvalue weighted by atomic mass is 9.56. The van der Waals surface area contributed by atoms with Crippen LogP contribution in [-0.2, 0) is 6.42 Å². The van der Waals surface area contributed by atoms with Crippen LogP contribution < -0.4 is 0 Å². The van der Waals surface area contributed by atoms with Crippen LogP contribution in [-0.4, -0.2) is 20.5 Å². The average Bonchev–Trinajstić information content (AvgIpc) is 2.93. The van der Waals surface area contributed by atoms with E-state index in [9.17, 15) is 5.11 Å². The summed E-state index contributed by atoms with van der Waals surface area (Å²) >= 11 is 0. The second-order valence-electron chi connectivity index (χ2n) is 8.66. The second-order valence-corrected chi connectivity index (χ2v) is 8.66. The molecule has 0 bridgehead atoms. The first-order chi connectivity index (χ1) is 11.8. The highest BCUT2D eigenvalue weighted by molar-refractivity contribution is 5.61. The maximum atomic E-state index is 10.8. The van der Waals surface area contributed by atoms with Gasteiger partial charge in [0, 0.05) is 0 Å². The molecule has 0 saturated heterocycles. The van der Waals surface area contributed by atoms with Crippen molar-refractivity contribution in [2.75, 3.05) is 0 Å². The Morgan fingerprint density at radius 3 is 2.64 bits per heavy atom. The van der Waals surface area contributed by atoms with Crippen molar-refractivity contribution in [1.29, 1.82) is 0 Å². The number of aliphatic hydroxyl groups is 1. The number of allylic oxidation sites excluding steroid dienone is 1. The fourth-order valence-electron chi connectivity index (χ4n) is 5.07. The highest BCUT2D eigenvalue weighted by Gasteiger charge is 2.48. The summed E-state index contributed by atoms with van der Waals surface area (Å²) < 4.78 is 2.06. The number of fused-ring (bicyclic) bond motifs is 2. The summed E-state index contributed by atoms with van der Waals surface area (Å²) in [7, 11) is 0. The largest absolute Gasteiger partial charge is 0.390 e. The first-order valence-electron chi connectivity index (χ1n) is 9.36. The van der Waals surface area contributed by atoms with E-state index in [4.69, 9.17) is 0 Å². The minimum Gasteiger partial charge on any atom is -0.390 e. The smallest absolute Gasteiger partial charge is 0.0700 e. The zero-order chi connectivity index (χ0) is 17.8. The third-order valence-corrected chi connectivity index (χ3v) is 6.33. The van der Waals surface area contributed by atoms with Crippen LogP contribution in [0.1, 0.15) is 56.9 Å². The van der Waals surface area contributed by atoms with Gasteiger partial charge in [-0.15, -0.1) is 0 Å². The molecule has 2 aliphatic rings. The lowest BCUT2D eigenvalue weighted by Gasteiger charge is -2.50. The van der Waals surface area contributed by atoms with Gasteiger partial charge in [-0.1, -0.05) is 30.2 Å². The Kier molecular flexibility index (Phi) is 3.69. The molecule has 0 amide bonds. The molecule has 25 heavy (non-hydrogen) atoms. The Morgan fingerprint density at radius 2 is 1.96 bits per heavy atom. The van der Waals surface area contributed by atoms with Crippen molar-refractivity contribution in [1.82, 2.24) is 9.78 Å². The van der Waals surface area contributed by atoms with Gasteiger partial charge in [0.05, 0.1) is 23.2 Å². The Hall–Kier alpha value is -1.87. The number of nitrogens with zero attached hydrogens (tertiary/aromatic N) is 2. The van der Waals surface area contributed by atoms with E-state index in [0.29, 0.717) is 0 Å². The summed E-state index contributed by atoms with van der Waals surface area (Å²) in [5, 5.41) is 15.4. The van der Waals surface area contributed by atoms with E-state index in [1.54, 1.807) is 0 Å². The number of hydrogen-bond donors (Lipinski definition) is 1. The van der Waals surface area contributed by atoms with Crippen LogP contribution in [0.25, 0.3) is 11.8 Å². The quantitative estimate of drug-likeness (QED) is 0.863. The van der Waals surface area contributed by atoms with Gasteiger partial charge < -0.3 is 5.11 Å². The van der Waals surface area contributed by atoms with E-state index in [-0.39, 0.29) is 11.3 Å². The zero-order valence-electron chi connectivity index (χ0n) is 15.7. The summed E-state index contributed by atoms with van der Waals surface area (Å²) in [6.07, 6.45) is 8.71. The van der Waals surface area contributed by atoms with Crippen molar-refractivity contribution in [3.05, 3.63) is 52.9 Å². The molecule has 1 saturated carbocycles. The number of benzene rings is 1. The van der Waals surface area contributed by atoms with E-state index in [1.807, 2.05) is 20.0 Å². The molecule has 0 aliphatic heterocycles. The monoisotopic (exact) mass is 336 g/mol. The number of aryl methyl sites for hydroxylation is 1. The maximum Gasteiger partial charge on any atom is 0.0700 e. The lowest BCUT2D eigenvalue weighted by Crippen LogP contribution is -2.47. The number of hydrogen-bond acceptors (Lipinski definition) is 2. The molecule has 1 N–H and O–H groups in total. The summed E-state index contributed by atoms with van der Waals surface area (Å²) in [5.41, 5.74) is 5.74. The van der Waals surface area contributed by atoms with Crippen LogP contribution in [0.15, 0.2) is 36.0 Å². The van der Waals surface area contributed by atoms with Crippen molar-refractivity contribution in [2.45, 2.75) is 59.0 Å². The molecular weight excluding hydrogens is 308 g/mol. The van der Waals surface area contributed by atoms with Gasteiger partial charge in [0.2, 0.25) is 0 Å². The van der Waals surface area contributed by atoms with Gasteiger partial charge in [0.25, 0.3) is 0 Å². The third kappa shape index (κ3) is 2.65. The summed E-state index contributed by atoms with van der Waals surface area (Å²) in [5.74, 6) is 0.288. The lowest BCUT2D eigenvalue weighted by molar-refractivity contribution is -0.0461. The highest BCUT2D eigenvalue weighted by Crippen LogP contribution is 2.54. The first kappa shape index (κ1) is 16.6. The van der Waals surface area contributed by atoms with Gasteiger partial charge >= 0.3 is 0 Å². The van der Waals surface area contributed by atoms with Gasteiger partial charge in [-0.05, 0) is 81.6 Å². The van der Waals surface area contributed by atoms with Crippen molar-refractivity contribution in [3.63, 3.8) is 0 Å².